The predicted molar refractivity (Wildman–Crippen MR) is 130 cm³/mol. The van der Waals surface area contributed by atoms with Crippen molar-refractivity contribution in [3.8, 4) is 11.6 Å². The molecule has 2 aromatic heterocycles. The van der Waals surface area contributed by atoms with Gasteiger partial charge in [0.2, 0.25) is 11.8 Å². The first-order valence-electron chi connectivity index (χ1n) is 10.3. The molecule has 0 radical (unpaired) electrons. The van der Waals surface area contributed by atoms with Gasteiger partial charge in [0.1, 0.15) is 17.0 Å². The largest absolute Gasteiger partial charge is 0.439 e. The SMILES string of the molecule is NC(=O)c1cccc(Oc2ccc(Nc3ncc(C(N)=O)c(=O)n3Cc3ccc(Cl)cc3)cc2)n1. The Kier molecular flexibility index (Phi) is 6.74. The Morgan fingerprint density at radius 2 is 1.69 bits per heavy atom. The summed E-state index contributed by atoms with van der Waals surface area (Å²) in [5.41, 5.74) is 11.2. The monoisotopic (exact) mass is 490 g/mol. The normalized spacial score (nSPS) is 10.5. The van der Waals surface area contributed by atoms with Crippen LogP contribution in [-0.2, 0) is 6.54 Å². The van der Waals surface area contributed by atoms with Crippen molar-refractivity contribution in [1.82, 2.24) is 14.5 Å². The lowest BCUT2D eigenvalue weighted by atomic mass is 10.2. The number of halogens is 1. The first-order chi connectivity index (χ1) is 16.8. The van der Waals surface area contributed by atoms with Gasteiger partial charge in [0.25, 0.3) is 17.4 Å². The van der Waals surface area contributed by atoms with E-state index in [4.69, 9.17) is 27.8 Å². The van der Waals surface area contributed by atoms with Crippen LogP contribution in [-0.4, -0.2) is 26.3 Å². The van der Waals surface area contributed by atoms with E-state index in [1.807, 2.05) is 0 Å². The van der Waals surface area contributed by atoms with Crippen LogP contribution in [0.5, 0.6) is 11.6 Å². The molecule has 0 saturated carbocycles. The summed E-state index contributed by atoms with van der Waals surface area (Å²) >= 11 is 5.95. The molecule has 5 N–H and O–H groups in total. The smallest absolute Gasteiger partial charge is 0.268 e. The quantitative estimate of drug-likeness (QED) is 0.342. The second kappa shape index (κ2) is 10.1. The van der Waals surface area contributed by atoms with Gasteiger partial charge in [-0.2, -0.15) is 0 Å². The van der Waals surface area contributed by atoms with Gasteiger partial charge in [0.05, 0.1) is 6.54 Å². The van der Waals surface area contributed by atoms with Gasteiger partial charge in [-0.15, -0.1) is 0 Å². The summed E-state index contributed by atoms with van der Waals surface area (Å²) in [7, 11) is 0. The topological polar surface area (TPSA) is 155 Å². The Morgan fingerprint density at radius 3 is 2.34 bits per heavy atom. The maximum atomic E-state index is 12.9. The number of primary amides is 2. The van der Waals surface area contributed by atoms with E-state index in [0.29, 0.717) is 16.5 Å². The summed E-state index contributed by atoms with van der Waals surface area (Å²) in [4.78, 5) is 44.2. The lowest BCUT2D eigenvalue weighted by Crippen LogP contribution is -2.32. The molecular formula is C24H19ClN6O4. The number of benzene rings is 2. The summed E-state index contributed by atoms with van der Waals surface area (Å²) in [5, 5.41) is 3.63. The number of anilines is 2. The molecule has 176 valence electrons. The average molecular weight is 491 g/mol. The number of nitrogens with one attached hydrogen (secondary N) is 1. The first kappa shape index (κ1) is 23.5. The van der Waals surface area contributed by atoms with Crippen LogP contribution in [0, 0.1) is 0 Å². The molecule has 0 aliphatic carbocycles. The number of nitrogens with two attached hydrogens (primary N) is 2. The van der Waals surface area contributed by atoms with E-state index in [1.165, 1.54) is 10.6 Å². The summed E-state index contributed by atoms with van der Waals surface area (Å²) in [6.07, 6.45) is 1.14. The second-order valence-corrected chi connectivity index (χ2v) is 7.79. The Labute approximate surface area is 204 Å². The molecule has 0 spiro atoms. The molecule has 11 heteroatoms. The van der Waals surface area contributed by atoms with Crippen molar-refractivity contribution in [3.63, 3.8) is 0 Å². The van der Waals surface area contributed by atoms with Gasteiger partial charge >= 0.3 is 0 Å². The zero-order valence-electron chi connectivity index (χ0n) is 18.1. The second-order valence-electron chi connectivity index (χ2n) is 7.35. The molecule has 0 unspecified atom stereocenters. The van der Waals surface area contributed by atoms with Gasteiger partial charge < -0.3 is 21.5 Å². The van der Waals surface area contributed by atoms with Crippen molar-refractivity contribution in [2.24, 2.45) is 11.5 Å². The molecule has 10 nitrogen and oxygen atoms in total. The number of rotatable bonds is 8. The Balaban J connectivity index is 1.58. The highest BCUT2D eigenvalue weighted by Crippen LogP contribution is 2.23. The fourth-order valence-corrected chi connectivity index (χ4v) is 3.27. The lowest BCUT2D eigenvalue weighted by molar-refractivity contribution is 0.0988. The molecular weight excluding hydrogens is 472 g/mol. The van der Waals surface area contributed by atoms with Crippen molar-refractivity contribution in [2.75, 3.05) is 5.32 Å². The molecule has 2 amide bonds. The van der Waals surface area contributed by atoms with Gasteiger partial charge in [-0.1, -0.05) is 29.8 Å². The molecule has 0 atom stereocenters. The molecule has 0 aliphatic rings. The van der Waals surface area contributed by atoms with Crippen LogP contribution in [0.1, 0.15) is 26.4 Å². The van der Waals surface area contributed by atoms with Gasteiger partial charge in [0, 0.05) is 23.0 Å². The third-order valence-corrected chi connectivity index (χ3v) is 5.13. The van der Waals surface area contributed by atoms with E-state index in [1.54, 1.807) is 60.7 Å². The van der Waals surface area contributed by atoms with E-state index in [-0.39, 0.29) is 29.6 Å². The number of hydrogen-bond acceptors (Lipinski definition) is 7. The summed E-state index contributed by atoms with van der Waals surface area (Å²) in [6.45, 7) is 0.134. The van der Waals surface area contributed by atoms with E-state index in [0.717, 1.165) is 11.8 Å². The molecule has 4 rings (SSSR count). The molecule has 2 aromatic carbocycles. The van der Waals surface area contributed by atoms with Gasteiger partial charge in [-0.05, 0) is 48.0 Å². The number of amides is 2. The van der Waals surface area contributed by atoms with Crippen molar-refractivity contribution >= 4 is 35.1 Å². The molecule has 4 aromatic rings. The number of nitrogens with zero attached hydrogens (tertiary/aromatic N) is 3. The summed E-state index contributed by atoms with van der Waals surface area (Å²) < 4.78 is 6.98. The third kappa shape index (κ3) is 5.63. The zero-order chi connectivity index (χ0) is 24.9. The van der Waals surface area contributed by atoms with Crippen LogP contribution in [0.2, 0.25) is 5.02 Å². The fourth-order valence-electron chi connectivity index (χ4n) is 3.15. The highest BCUT2D eigenvalue weighted by Gasteiger charge is 2.15. The maximum Gasteiger partial charge on any atom is 0.268 e. The zero-order valence-corrected chi connectivity index (χ0v) is 18.9. The molecule has 0 saturated heterocycles. The summed E-state index contributed by atoms with van der Waals surface area (Å²) in [6, 6.07) is 18.4. The Hall–Kier alpha value is -4.70. The third-order valence-electron chi connectivity index (χ3n) is 4.88. The lowest BCUT2D eigenvalue weighted by Gasteiger charge is -2.15. The van der Waals surface area contributed by atoms with E-state index in [9.17, 15) is 14.4 Å². The van der Waals surface area contributed by atoms with Crippen LogP contribution < -0.4 is 27.1 Å². The van der Waals surface area contributed by atoms with Crippen LogP contribution in [0.4, 0.5) is 11.6 Å². The van der Waals surface area contributed by atoms with E-state index in [2.05, 4.69) is 15.3 Å². The minimum atomic E-state index is -0.866. The van der Waals surface area contributed by atoms with Crippen LogP contribution in [0.25, 0.3) is 0 Å². The molecule has 35 heavy (non-hydrogen) atoms. The Morgan fingerprint density at radius 1 is 0.971 bits per heavy atom. The predicted octanol–water partition coefficient (Wildman–Crippen LogP) is 3.07. The minimum Gasteiger partial charge on any atom is -0.439 e. The van der Waals surface area contributed by atoms with Gasteiger partial charge in [-0.3, -0.25) is 19.0 Å². The van der Waals surface area contributed by atoms with E-state index < -0.39 is 17.4 Å². The number of aromatic nitrogens is 3. The number of carbonyl (C=O) groups excluding carboxylic acids is 2. The Bertz CT molecular complexity index is 1450. The van der Waals surface area contributed by atoms with E-state index >= 15 is 0 Å². The maximum absolute atomic E-state index is 12.9. The first-order valence-corrected chi connectivity index (χ1v) is 10.6. The van der Waals surface area contributed by atoms with Crippen LogP contribution in [0.15, 0.2) is 77.7 Å². The molecule has 0 bridgehead atoms. The van der Waals surface area contributed by atoms with Crippen molar-refractivity contribution in [1.29, 1.82) is 0 Å². The van der Waals surface area contributed by atoms with Crippen LogP contribution in [0.3, 0.4) is 0 Å². The standard InChI is InChI=1S/C24H19ClN6O4/c25-15-6-4-14(5-7-15)13-31-23(34)18(21(26)32)12-28-24(31)29-16-8-10-17(11-9-16)35-20-3-1-2-19(30-20)22(27)33/h1-12H,13H2,(H2,26,32)(H2,27,33)(H,28,29). The van der Waals surface area contributed by atoms with Gasteiger partial charge in [-0.25, -0.2) is 9.97 Å². The van der Waals surface area contributed by atoms with Crippen molar-refractivity contribution in [3.05, 3.63) is 105 Å². The van der Waals surface area contributed by atoms with Crippen LogP contribution >= 0.6 is 11.6 Å². The number of carbonyl (C=O) groups is 2. The van der Waals surface area contributed by atoms with Crippen molar-refractivity contribution < 1.29 is 14.3 Å². The molecule has 0 fully saturated rings. The molecule has 2 heterocycles. The fraction of sp³-hybridized carbons (Fsp3) is 0.0417. The number of pyridine rings is 1. The van der Waals surface area contributed by atoms with Gasteiger partial charge in [0.15, 0.2) is 0 Å². The number of ether oxygens (including phenoxy) is 1. The summed E-state index contributed by atoms with van der Waals surface area (Å²) in [5.74, 6) is -0.647. The average Bonchev–Trinajstić information content (AvgIpc) is 2.84. The highest BCUT2D eigenvalue weighted by atomic mass is 35.5. The molecule has 0 aliphatic heterocycles. The highest BCUT2D eigenvalue weighted by molar-refractivity contribution is 6.30. The minimum absolute atomic E-state index is 0.0879. The van der Waals surface area contributed by atoms with Crippen molar-refractivity contribution in [2.45, 2.75) is 6.54 Å². The number of hydrogen-bond donors (Lipinski definition) is 3.